The second-order valence-electron chi connectivity index (χ2n) is 6.17. The van der Waals surface area contributed by atoms with Crippen LogP contribution in [0.15, 0.2) is 76.8 Å². The second-order valence-corrected chi connectivity index (χ2v) is 7.67. The molecular weight excluding hydrogens is 469 g/mol. The van der Waals surface area contributed by atoms with E-state index in [-0.39, 0.29) is 16.5 Å². The van der Waals surface area contributed by atoms with Gasteiger partial charge < -0.3 is 4.74 Å². The summed E-state index contributed by atoms with van der Waals surface area (Å²) in [5.41, 5.74) is -0.824. The Morgan fingerprint density at radius 2 is 1.84 bits per heavy atom. The molecule has 11 heteroatoms. The van der Waals surface area contributed by atoms with Gasteiger partial charge in [0.1, 0.15) is 10.8 Å². The number of ether oxygens (including phenoxy) is 1. The maximum atomic E-state index is 12.7. The number of rotatable bonds is 6. The fraction of sp³-hybridized carbons (Fsp3) is 0.0476. The number of halogens is 4. The first-order valence-electron chi connectivity index (χ1n) is 8.77. The highest BCUT2D eigenvalue weighted by atomic mass is 35.5. The second kappa shape index (κ2) is 9.84. The number of non-ortho nitro benzene ring substituents is 1. The van der Waals surface area contributed by atoms with E-state index < -0.39 is 22.6 Å². The van der Waals surface area contributed by atoms with E-state index in [1.165, 1.54) is 42.5 Å². The van der Waals surface area contributed by atoms with E-state index in [9.17, 15) is 28.1 Å². The van der Waals surface area contributed by atoms with E-state index in [0.29, 0.717) is 21.7 Å². The van der Waals surface area contributed by atoms with E-state index in [1.54, 1.807) is 12.1 Å². The van der Waals surface area contributed by atoms with Crippen molar-refractivity contribution in [3.05, 3.63) is 93.1 Å². The molecule has 0 aliphatic rings. The number of hydrogen-bond donors (Lipinski definition) is 0. The Bertz CT molecular complexity index is 1170. The number of nitro benzene ring substituents is 1. The SMILES string of the molecule is O=C(/C=C/c1cc([N+](=O)[O-])ccc1Sc1ccc(C(F)(F)F)cn1)Oc1ccc(Cl)cc1. The summed E-state index contributed by atoms with van der Waals surface area (Å²) in [6.07, 6.45) is -1.41. The molecule has 1 heterocycles. The van der Waals surface area contributed by atoms with E-state index in [1.807, 2.05) is 0 Å². The van der Waals surface area contributed by atoms with E-state index in [2.05, 4.69) is 4.98 Å². The molecule has 0 radical (unpaired) electrons. The van der Waals surface area contributed by atoms with Crippen molar-refractivity contribution in [2.45, 2.75) is 16.1 Å². The van der Waals surface area contributed by atoms with Crippen LogP contribution in [0, 0.1) is 10.1 Å². The molecule has 32 heavy (non-hydrogen) atoms. The highest BCUT2D eigenvalue weighted by Crippen LogP contribution is 2.34. The molecule has 0 unspecified atom stereocenters. The Morgan fingerprint density at radius 1 is 1.12 bits per heavy atom. The normalized spacial score (nSPS) is 11.5. The Hall–Kier alpha value is -3.37. The van der Waals surface area contributed by atoms with Crippen molar-refractivity contribution in [2.75, 3.05) is 0 Å². The van der Waals surface area contributed by atoms with E-state index in [0.717, 1.165) is 23.9 Å². The first-order chi connectivity index (χ1) is 15.1. The fourth-order valence-electron chi connectivity index (χ4n) is 2.40. The summed E-state index contributed by atoms with van der Waals surface area (Å²) in [5.74, 6) is -0.478. The van der Waals surface area contributed by atoms with Gasteiger partial charge in [-0.3, -0.25) is 10.1 Å². The number of carbonyl (C=O) groups is 1. The lowest BCUT2D eigenvalue weighted by Crippen LogP contribution is -2.05. The Labute approximate surface area is 188 Å². The molecule has 0 saturated carbocycles. The molecule has 3 aromatic rings. The summed E-state index contributed by atoms with van der Waals surface area (Å²) in [7, 11) is 0. The van der Waals surface area contributed by atoms with Crippen molar-refractivity contribution >= 4 is 41.1 Å². The van der Waals surface area contributed by atoms with Gasteiger partial charge in [-0.05, 0) is 54.1 Å². The van der Waals surface area contributed by atoms with Crippen molar-refractivity contribution in [1.82, 2.24) is 4.98 Å². The molecule has 0 N–H and O–H groups in total. The van der Waals surface area contributed by atoms with Crippen molar-refractivity contribution in [2.24, 2.45) is 0 Å². The average molecular weight is 481 g/mol. The molecule has 0 saturated heterocycles. The van der Waals surface area contributed by atoms with Crippen LogP contribution in [0.2, 0.25) is 5.02 Å². The summed E-state index contributed by atoms with van der Waals surface area (Å²) in [5, 5.41) is 11.8. The van der Waals surface area contributed by atoms with Gasteiger partial charge in [0, 0.05) is 34.3 Å². The summed E-state index contributed by atoms with van der Waals surface area (Å²) in [6.45, 7) is 0. The maximum absolute atomic E-state index is 12.7. The lowest BCUT2D eigenvalue weighted by atomic mass is 10.2. The van der Waals surface area contributed by atoms with Gasteiger partial charge in [-0.15, -0.1) is 0 Å². The van der Waals surface area contributed by atoms with Gasteiger partial charge in [0.25, 0.3) is 5.69 Å². The standard InChI is InChI=1S/C21H12ClF3N2O4S/c22-15-3-6-17(7-4-15)31-20(28)10-1-13-11-16(27(29)30)5-8-18(13)32-19-9-2-14(12-26-19)21(23,24)25/h1-12H/b10-1+. The molecule has 2 aromatic carbocycles. The van der Waals surface area contributed by atoms with Crippen LogP contribution in [0.5, 0.6) is 5.75 Å². The smallest absolute Gasteiger partial charge is 0.417 e. The quantitative estimate of drug-likeness (QED) is 0.133. The van der Waals surface area contributed by atoms with Crippen LogP contribution in [0.4, 0.5) is 18.9 Å². The average Bonchev–Trinajstić information content (AvgIpc) is 2.74. The van der Waals surface area contributed by atoms with Crippen molar-refractivity contribution < 1.29 is 27.6 Å². The van der Waals surface area contributed by atoms with Crippen LogP contribution < -0.4 is 4.74 Å². The number of nitro groups is 1. The molecule has 0 fully saturated rings. The van der Waals surface area contributed by atoms with Crippen LogP contribution in [-0.4, -0.2) is 15.9 Å². The molecule has 1 aromatic heterocycles. The first-order valence-corrected chi connectivity index (χ1v) is 9.96. The number of benzene rings is 2. The van der Waals surface area contributed by atoms with Crippen molar-refractivity contribution in [1.29, 1.82) is 0 Å². The largest absolute Gasteiger partial charge is 0.423 e. The maximum Gasteiger partial charge on any atom is 0.417 e. The van der Waals surface area contributed by atoms with Gasteiger partial charge in [-0.1, -0.05) is 23.4 Å². The first kappa shape index (κ1) is 23.3. The molecule has 6 nitrogen and oxygen atoms in total. The van der Waals surface area contributed by atoms with Crippen LogP contribution in [0.3, 0.4) is 0 Å². The molecule has 3 rings (SSSR count). The monoisotopic (exact) mass is 480 g/mol. The van der Waals surface area contributed by atoms with Crippen molar-refractivity contribution in [3.8, 4) is 5.75 Å². The van der Waals surface area contributed by atoms with E-state index >= 15 is 0 Å². The zero-order valence-corrected chi connectivity index (χ0v) is 17.4. The summed E-state index contributed by atoms with van der Waals surface area (Å²) in [6, 6.07) is 12.1. The van der Waals surface area contributed by atoms with Gasteiger partial charge in [-0.25, -0.2) is 9.78 Å². The van der Waals surface area contributed by atoms with Crippen LogP contribution in [0.25, 0.3) is 6.08 Å². The van der Waals surface area contributed by atoms with Gasteiger partial charge in [0.15, 0.2) is 0 Å². The Kier molecular flexibility index (Phi) is 7.16. The minimum atomic E-state index is -4.51. The molecule has 0 aliphatic heterocycles. The minimum absolute atomic E-state index is 0.222. The highest BCUT2D eigenvalue weighted by molar-refractivity contribution is 7.99. The number of hydrogen-bond acceptors (Lipinski definition) is 6. The zero-order chi connectivity index (χ0) is 23.3. The third-order valence-electron chi connectivity index (χ3n) is 3.91. The number of alkyl halides is 3. The molecule has 0 aliphatic carbocycles. The van der Waals surface area contributed by atoms with Gasteiger partial charge >= 0.3 is 12.1 Å². The molecule has 0 atom stereocenters. The number of aromatic nitrogens is 1. The fourth-order valence-corrected chi connectivity index (χ4v) is 3.38. The lowest BCUT2D eigenvalue weighted by molar-refractivity contribution is -0.384. The van der Waals surface area contributed by atoms with Crippen LogP contribution >= 0.6 is 23.4 Å². The summed E-state index contributed by atoms with van der Waals surface area (Å²) in [4.78, 5) is 26.8. The highest BCUT2D eigenvalue weighted by Gasteiger charge is 2.30. The lowest BCUT2D eigenvalue weighted by Gasteiger charge is -2.08. The van der Waals surface area contributed by atoms with Crippen molar-refractivity contribution in [3.63, 3.8) is 0 Å². The number of pyridine rings is 1. The Balaban J connectivity index is 1.82. The van der Waals surface area contributed by atoms with Gasteiger partial charge in [0.05, 0.1) is 10.5 Å². The zero-order valence-electron chi connectivity index (χ0n) is 15.9. The predicted octanol–water partition coefficient (Wildman–Crippen LogP) is 6.43. The number of esters is 1. The third-order valence-corrected chi connectivity index (χ3v) is 5.21. The van der Waals surface area contributed by atoms with Crippen LogP contribution in [-0.2, 0) is 11.0 Å². The molecule has 0 bridgehead atoms. The Morgan fingerprint density at radius 3 is 2.44 bits per heavy atom. The topological polar surface area (TPSA) is 82.3 Å². The summed E-state index contributed by atoms with van der Waals surface area (Å²) >= 11 is 6.76. The van der Waals surface area contributed by atoms with Crippen LogP contribution in [0.1, 0.15) is 11.1 Å². The third kappa shape index (κ3) is 6.32. The molecular formula is C21H12ClF3N2O4S. The minimum Gasteiger partial charge on any atom is -0.423 e. The molecule has 164 valence electrons. The molecule has 0 amide bonds. The summed E-state index contributed by atoms with van der Waals surface area (Å²) < 4.78 is 43.3. The van der Waals surface area contributed by atoms with E-state index in [4.69, 9.17) is 16.3 Å². The predicted molar refractivity (Wildman–Crippen MR) is 113 cm³/mol. The number of nitrogens with zero attached hydrogens (tertiary/aromatic N) is 2. The number of carbonyl (C=O) groups excluding carboxylic acids is 1. The van der Waals surface area contributed by atoms with Gasteiger partial charge in [-0.2, -0.15) is 13.2 Å². The molecule has 0 spiro atoms. The van der Waals surface area contributed by atoms with Gasteiger partial charge in [0.2, 0.25) is 0 Å².